The Balaban J connectivity index is 2.09. The van der Waals surface area contributed by atoms with Crippen LogP contribution >= 0.6 is 0 Å². The lowest BCUT2D eigenvalue weighted by atomic mass is 10.2. The largest absolute Gasteiger partial charge is 0.487 e. The van der Waals surface area contributed by atoms with Gasteiger partial charge in [0, 0.05) is 29.6 Å². The zero-order valence-electron chi connectivity index (χ0n) is 12.3. The minimum Gasteiger partial charge on any atom is -0.487 e. The van der Waals surface area contributed by atoms with Gasteiger partial charge in [-0.3, -0.25) is 19.9 Å². The van der Waals surface area contributed by atoms with Crippen molar-refractivity contribution in [1.29, 1.82) is 0 Å². The maximum Gasteiger partial charge on any atom is 0.311 e. The van der Waals surface area contributed by atoms with Gasteiger partial charge in [-0.05, 0) is 31.2 Å². The van der Waals surface area contributed by atoms with Crippen LogP contribution in [0.4, 0.5) is 5.69 Å². The van der Waals surface area contributed by atoms with Gasteiger partial charge in [-0.15, -0.1) is 0 Å². The van der Waals surface area contributed by atoms with Crippen LogP contribution in [-0.4, -0.2) is 28.6 Å². The maximum absolute atomic E-state index is 11.8. The molecule has 0 saturated carbocycles. The lowest BCUT2D eigenvalue weighted by Gasteiger charge is -2.04. The Hall–Kier alpha value is -3.29. The van der Waals surface area contributed by atoms with E-state index in [0.717, 1.165) is 0 Å². The summed E-state index contributed by atoms with van der Waals surface area (Å²) in [6.07, 6.45) is 4.31. The number of pyridine rings is 1. The van der Waals surface area contributed by atoms with E-state index in [1.807, 2.05) is 0 Å². The molecule has 0 saturated heterocycles. The summed E-state index contributed by atoms with van der Waals surface area (Å²) < 4.78 is 5.19. The number of amides is 1. The average molecular weight is 314 g/mol. The van der Waals surface area contributed by atoms with E-state index in [1.165, 1.54) is 30.7 Å². The van der Waals surface area contributed by atoms with Crippen molar-refractivity contribution in [1.82, 2.24) is 10.4 Å². The zero-order chi connectivity index (χ0) is 16.7. The van der Waals surface area contributed by atoms with Gasteiger partial charge in [-0.25, -0.2) is 5.43 Å². The fraction of sp³-hybridized carbons (Fsp3) is 0.133. The number of aromatic nitrogens is 1. The normalized spacial score (nSPS) is 10.5. The number of benzene rings is 1. The first-order valence-corrected chi connectivity index (χ1v) is 6.76. The molecule has 0 atom stereocenters. The van der Waals surface area contributed by atoms with Crippen LogP contribution in [0.3, 0.4) is 0 Å². The summed E-state index contributed by atoms with van der Waals surface area (Å²) in [5.74, 6) is -0.209. The molecular formula is C15H14N4O4. The molecule has 1 aromatic heterocycles. The molecule has 2 aromatic rings. The zero-order valence-corrected chi connectivity index (χ0v) is 12.3. The van der Waals surface area contributed by atoms with Gasteiger partial charge in [-0.1, -0.05) is 0 Å². The smallest absolute Gasteiger partial charge is 0.311 e. The summed E-state index contributed by atoms with van der Waals surface area (Å²) in [4.78, 5) is 26.1. The molecule has 1 N–H and O–H groups in total. The first-order valence-electron chi connectivity index (χ1n) is 6.76. The molecule has 1 heterocycles. The quantitative estimate of drug-likeness (QED) is 0.499. The third kappa shape index (κ3) is 4.34. The number of ether oxygens (including phenoxy) is 1. The number of nitrogens with one attached hydrogen (secondary N) is 1. The van der Waals surface area contributed by atoms with Crippen molar-refractivity contribution in [2.75, 3.05) is 6.61 Å². The Bertz CT molecular complexity index is 732. The topological polar surface area (TPSA) is 107 Å². The highest BCUT2D eigenvalue weighted by molar-refractivity contribution is 5.94. The second-order valence-electron chi connectivity index (χ2n) is 4.35. The maximum atomic E-state index is 11.8. The highest BCUT2D eigenvalue weighted by Crippen LogP contribution is 2.27. The van der Waals surface area contributed by atoms with Crippen molar-refractivity contribution < 1.29 is 14.5 Å². The minimum absolute atomic E-state index is 0.156. The Morgan fingerprint density at radius 1 is 1.39 bits per heavy atom. The second-order valence-corrected chi connectivity index (χ2v) is 4.35. The number of rotatable bonds is 6. The lowest BCUT2D eigenvalue weighted by Crippen LogP contribution is -2.17. The van der Waals surface area contributed by atoms with Crippen molar-refractivity contribution in [3.8, 4) is 5.75 Å². The van der Waals surface area contributed by atoms with E-state index in [-0.39, 0.29) is 11.4 Å². The van der Waals surface area contributed by atoms with Crippen molar-refractivity contribution in [2.45, 2.75) is 6.92 Å². The van der Waals surface area contributed by atoms with Crippen LogP contribution in [0.1, 0.15) is 22.8 Å². The number of hydrazone groups is 1. The molecule has 23 heavy (non-hydrogen) atoms. The summed E-state index contributed by atoms with van der Waals surface area (Å²) in [7, 11) is 0. The number of hydrogen-bond acceptors (Lipinski definition) is 6. The fourth-order valence-corrected chi connectivity index (χ4v) is 1.77. The van der Waals surface area contributed by atoms with Gasteiger partial charge < -0.3 is 4.74 Å². The third-order valence-electron chi connectivity index (χ3n) is 2.80. The van der Waals surface area contributed by atoms with Gasteiger partial charge in [0.1, 0.15) is 0 Å². The van der Waals surface area contributed by atoms with Gasteiger partial charge >= 0.3 is 5.69 Å². The predicted molar refractivity (Wildman–Crippen MR) is 83.6 cm³/mol. The van der Waals surface area contributed by atoms with E-state index < -0.39 is 10.8 Å². The van der Waals surface area contributed by atoms with Gasteiger partial charge in [0.05, 0.1) is 17.7 Å². The Labute approximate surface area is 132 Å². The number of hydrogen-bond donors (Lipinski definition) is 1. The number of nitro benzene ring substituents is 1. The third-order valence-corrected chi connectivity index (χ3v) is 2.80. The summed E-state index contributed by atoms with van der Waals surface area (Å²) in [6.45, 7) is 2.07. The Morgan fingerprint density at radius 3 is 2.78 bits per heavy atom. The molecule has 0 bridgehead atoms. The molecule has 2 rings (SSSR count). The number of carbonyl (C=O) groups is 1. The summed E-state index contributed by atoms with van der Waals surface area (Å²) in [6, 6.07) is 7.53. The molecule has 1 amide bonds. The van der Waals surface area contributed by atoms with Crippen LogP contribution in [0.5, 0.6) is 5.75 Å². The molecule has 118 valence electrons. The molecule has 0 aliphatic rings. The standard InChI is InChI=1S/C15H14N4O4/c1-2-23-14-4-3-11(9-13(14)19(21)22)10-17-18-15(20)12-5-7-16-8-6-12/h3-10H,2H2,1H3,(H,18,20)/b17-10-. The van der Waals surface area contributed by atoms with E-state index in [0.29, 0.717) is 17.7 Å². The van der Waals surface area contributed by atoms with E-state index in [9.17, 15) is 14.9 Å². The van der Waals surface area contributed by atoms with Gasteiger partial charge in [0.15, 0.2) is 5.75 Å². The minimum atomic E-state index is -0.530. The first kappa shape index (κ1) is 16.1. The fourth-order valence-electron chi connectivity index (χ4n) is 1.77. The van der Waals surface area contributed by atoms with Crippen molar-refractivity contribution in [2.24, 2.45) is 5.10 Å². The van der Waals surface area contributed by atoms with E-state index in [4.69, 9.17) is 4.74 Å². The van der Waals surface area contributed by atoms with Gasteiger partial charge in [0.2, 0.25) is 0 Å². The molecule has 0 unspecified atom stereocenters. The SMILES string of the molecule is CCOc1ccc(/C=N\NC(=O)c2ccncc2)cc1[N+](=O)[O-]. The Morgan fingerprint density at radius 2 is 2.13 bits per heavy atom. The lowest BCUT2D eigenvalue weighted by molar-refractivity contribution is -0.385. The van der Waals surface area contributed by atoms with Crippen LogP contribution in [0, 0.1) is 10.1 Å². The molecular weight excluding hydrogens is 300 g/mol. The monoisotopic (exact) mass is 314 g/mol. The van der Waals surface area contributed by atoms with Crippen LogP contribution in [0.2, 0.25) is 0 Å². The van der Waals surface area contributed by atoms with Gasteiger partial charge in [0.25, 0.3) is 5.91 Å². The predicted octanol–water partition coefficient (Wildman–Crippen LogP) is 2.15. The van der Waals surface area contributed by atoms with Crippen LogP contribution in [-0.2, 0) is 0 Å². The van der Waals surface area contributed by atoms with Crippen LogP contribution in [0.15, 0.2) is 47.8 Å². The molecule has 0 radical (unpaired) electrons. The molecule has 1 aromatic carbocycles. The van der Waals surface area contributed by atoms with E-state index >= 15 is 0 Å². The first-order chi connectivity index (χ1) is 11.1. The number of nitro groups is 1. The molecule has 0 aliphatic heterocycles. The van der Waals surface area contributed by atoms with Crippen molar-refractivity contribution in [3.05, 3.63) is 64.0 Å². The van der Waals surface area contributed by atoms with E-state index in [2.05, 4.69) is 15.5 Å². The van der Waals surface area contributed by atoms with Crippen LogP contribution < -0.4 is 10.2 Å². The number of carbonyl (C=O) groups excluding carboxylic acids is 1. The second kappa shape index (κ2) is 7.64. The van der Waals surface area contributed by atoms with Crippen LogP contribution in [0.25, 0.3) is 0 Å². The van der Waals surface area contributed by atoms with E-state index in [1.54, 1.807) is 25.1 Å². The summed E-state index contributed by atoms with van der Waals surface area (Å²) >= 11 is 0. The average Bonchev–Trinajstić information content (AvgIpc) is 2.57. The highest BCUT2D eigenvalue weighted by Gasteiger charge is 2.15. The van der Waals surface area contributed by atoms with Gasteiger partial charge in [-0.2, -0.15) is 5.10 Å². The molecule has 8 heteroatoms. The molecule has 0 fully saturated rings. The highest BCUT2D eigenvalue weighted by atomic mass is 16.6. The Kier molecular flexibility index (Phi) is 5.35. The molecule has 0 aliphatic carbocycles. The number of nitrogens with zero attached hydrogens (tertiary/aromatic N) is 3. The summed E-state index contributed by atoms with van der Waals surface area (Å²) in [5, 5.41) is 14.8. The van der Waals surface area contributed by atoms with Crippen molar-refractivity contribution >= 4 is 17.8 Å². The molecule has 0 spiro atoms. The summed E-state index contributed by atoms with van der Waals surface area (Å²) in [5.41, 5.74) is 3.06. The van der Waals surface area contributed by atoms with Crippen molar-refractivity contribution in [3.63, 3.8) is 0 Å². The molecule has 8 nitrogen and oxygen atoms in total.